The van der Waals surface area contributed by atoms with Crippen molar-refractivity contribution in [1.82, 2.24) is 14.8 Å². The Morgan fingerprint density at radius 3 is 2.71 bits per heavy atom. The summed E-state index contributed by atoms with van der Waals surface area (Å²) in [4.78, 5) is 0.978. The number of hydrogen-bond acceptors (Lipinski definition) is 5. The highest BCUT2D eigenvalue weighted by Gasteiger charge is 2.36. The molecule has 0 amide bonds. The zero-order valence-corrected chi connectivity index (χ0v) is 12.8. The predicted octanol–water partition coefficient (Wildman–Crippen LogP) is 3.23. The third kappa shape index (κ3) is 2.37. The minimum atomic E-state index is 0.588. The molecule has 6 heteroatoms. The van der Waals surface area contributed by atoms with Gasteiger partial charge in [0.15, 0.2) is 5.16 Å². The van der Waals surface area contributed by atoms with E-state index >= 15 is 0 Å². The number of nitrogen functional groups attached to an aromatic ring is 1. The summed E-state index contributed by atoms with van der Waals surface area (Å²) in [6, 6.07) is 6.42. The minimum Gasteiger partial charge on any atom is -0.495 e. The summed E-state index contributed by atoms with van der Waals surface area (Å²) in [7, 11) is 1.64. The van der Waals surface area contributed by atoms with E-state index in [2.05, 4.69) is 14.8 Å². The van der Waals surface area contributed by atoms with Crippen LogP contribution in [0.4, 0.5) is 5.69 Å². The Balaban J connectivity index is 1.68. The van der Waals surface area contributed by atoms with Crippen LogP contribution >= 0.6 is 11.8 Å². The van der Waals surface area contributed by atoms with E-state index in [-0.39, 0.29) is 0 Å². The lowest BCUT2D eigenvalue weighted by molar-refractivity contribution is 0.416. The Bertz CT molecular complexity index is 676. The lowest BCUT2D eigenvalue weighted by Gasteiger charge is -2.11. The van der Waals surface area contributed by atoms with Crippen LogP contribution in [0.15, 0.2) is 28.3 Å². The Hall–Kier alpha value is -1.69. The molecular weight excluding hydrogens is 284 g/mol. The first-order chi connectivity index (χ1) is 10.3. The van der Waals surface area contributed by atoms with Crippen LogP contribution in [0.5, 0.6) is 5.75 Å². The lowest BCUT2D eigenvalue weighted by Crippen LogP contribution is -2.02. The molecule has 0 radical (unpaired) electrons. The van der Waals surface area contributed by atoms with Gasteiger partial charge in [0.05, 0.1) is 12.8 Å². The van der Waals surface area contributed by atoms with Gasteiger partial charge in [-0.2, -0.15) is 0 Å². The van der Waals surface area contributed by atoms with Gasteiger partial charge in [-0.3, -0.25) is 0 Å². The summed E-state index contributed by atoms with van der Waals surface area (Å²) in [6.07, 6.45) is 4.96. The number of anilines is 1. The zero-order chi connectivity index (χ0) is 14.4. The molecule has 2 aliphatic carbocycles. The maximum Gasteiger partial charge on any atom is 0.196 e. The molecule has 5 nitrogen and oxygen atoms in total. The Kier molecular flexibility index (Phi) is 3.06. The first kappa shape index (κ1) is 13.0. The molecular formula is C15H18N4OS. The molecule has 0 atom stereocenters. The Labute approximate surface area is 127 Å². The lowest BCUT2D eigenvalue weighted by atomic mass is 10.3. The van der Waals surface area contributed by atoms with E-state index in [4.69, 9.17) is 10.5 Å². The van der Waals surface area contributed by atoms with Gasteiger partial charge in [-0.25, -0.2) is 0 Å². The van der Waals surface area contributed by atoms with Gasteiger partial charge in [-0.15, -0.1) is 10.2 Å². The molecule has 0 aliphatic heterocycles. The number of benzene rings is 1. The van der Waals surface area contributed by atoms with Crippen LogP contribution in [-0.4, -0.2) is 21.9 Å². The second-order valence-electron chi connectivity index (χ2n) is 5.69. The SMILES string of the molecule is COc1cccc(Sc2nnc(C3CC3)n2C2CC2)c1N. The fourth-order valence-corrected chi connectivity index (χ4v) is 3.52. The summed E-state index contributed by atoms with van der Waals surface area (Å²) in [5.41, 5.74) is 6.83. The quantitative estimate of drug-likeness (QED) is 0.859. The first-order valence-electron chi connectivity index (χ1n) is 7.33. The molecule has 0 saturated heterocycles. The maximum absolute atomic E-state index is 6.16. The van der Waals surface area contributed by atoms with E-state index in [1.165, 1.54) is 31.5 Å². The van der Waals surface area contributed by atoms with Crippen molar-refractivity contribution in [3.8, 4) is 5.75 Å². The van der Waals surface area contributed by atoms with Gasteiger partial charge in [0, 0.05) is 16.9 Å². The standard InChI is InChI=1S/C15H18N4OS/c1-20-11-3-2-4-12(13(11)16)21-15-18-17-14(9-5-6-9)19(15)10-7-8-10/h2-4,9-10H,5-8,16H2,1H3. The van der Waals surface area contributed by atoms with Gasteiger partial charge < -0.3 is 15.0 Å². The average molecular weight is 302 g/mol. The molecule has 1 aromatic carbocycles. The Morgan fingerprint density at radius 1 is 1.24 bits per heavy atom. The van der Waals surface area contributed by atoms with Crippen LogP contribution in [0.25, 0.3) is 0 Å². The highest BCUT2D eigenvalue weighted by atomic mass is 32.2. The normalized spacial score (nSPS) is 18.0. The van der Waals surface area contributed by atoms with Crippen LogP contribution < -0.4 is 10.5 Å². The molecule has 1 aromatic heterocycles. The highest BCUT2D eigenvalue weighted by Crippen LogP contribution is 2.47. The van der Waals surface area contributed by atoms with Crippen molar-refractivity contribution in [2.45, 2.75) is 47.7 Å². The predicted molar refractivity (Wildman–Crippen MR) is 81.8 cm³/mol. The number of nitrogens with zero attached hydrogens (tertiary/aromatic N) is 3. The minimum absolute atomic E-state index is 0.588. The molecule has 0 unspecified atom stereocenters. The van der Waals surface area contributed by atoms with Gasteiger partial charge in [0.25, 0.3) is 0 Å². The molecule has 2 aliphatic rings. The fraction of sp³-hybridized carbons (Fsp3) is 0.467. The number of para-hydroxylation sites is 1. The van der Waals surface area contributed by atoms with Crippen LogP contribution in [0.2, 0.25) is 0 Å². The molecule has 2 fully saturated rings. The van der Waals surface area contributed by atoms with E-state index in [9.17, 15) is 0 Å². The number of methoxy groups -OCH3 is 1. The molecule has 110 valence electrons. The maximum atomic E-state index is 6.16. The molecule has 4 rings (SSSR count). The number of aromatic nitrogens is 3. The molecule has 21 heavy (non-hydrogen) atoms. The summed E-state index contributed by atoms with van der Waals surface area (Å²) in [5, 5.41) is 9.80. The zero-order valence-electron chi connectivity index (χ0n) is 12.0. The summed E-state index contributed by atoms with van der Waals surface area (Å²) >= 11 is 1.59. The monoisotopic (exact) mass is 302 g/mol. The topological polar surface area (TPSA) is 66.0 Å². The van der Waals surface area contributed by atoms with E-state index in [1.54, 1.807) is 18.9 Å². The third-order valence-electron chi connectivity index (χ3n) is 3.99. The van der Waals surface area contributed by atoms with Crippen LogP contribution in [0.3, 0.4) is 0 Å². The summed E-state index contributed by atoms with van der Waals surface area (Å²) in [5.74, 6) is 2.50. The summed E-state index contributed by atoms with van der Waals surface area (Å²) in [6.45, 7) is 0. The number of rotatable bonds is 5. The smallest absolute Gasteiger partial charge is 0.196 e. The highest BCUT2D eigenvalue weighted by molar-refractivity contribution is 7.99. The summed E-state index contributed by atoms with van der Waals surface area (Å²) < 4.78 is 7.62. The number of nitrogens with two attached hydrogens (primary N) is 1. The second-order valence-corrected chi connectivity index (χ2v) is 6.70. The third-order valence-corrected chi connectivity index (χ3v) is 5.03. The number of ether oxygens (including phenoxy) is 1. The number of hydrogen-bond donors (Lipinski definition) is 1. The van der Waals surface area contributed by atoms with E-state index < -0.39 is 0 Å². The van der Waals surface area contributed by atoms with Gasteiger partial charge in [-0.05, 0) is 49.6 Å². The molecule has 2 saturated carbocycles. The fourth-order valence-electron chi connectivity index (χ4n) is 2.54. The van der Waals surface area contributed by atoms with Crippen LogP contribution in [-0.2, 0) is 0 Å². The second kappa shape index (κ2) is 4.94. The van der Waals surface area contributed by atoms with Crippen molar-refractivity contribution in [2.75, 3.05) is 12.8 Å². The first-order valence-corrected chi connectivity index (χ1v) is 8.14. The van der Waals surface area contributed by atoms with E-state index in [0.717, 1.165) is 10.1 Å². The van der Waals surface area contributed by atoms with Crippen molar-refractivity contribution in [1.29, 1.82) is 0 Å². The molecule has 0 spiro atoms. The van der Waals surface area contributed by atoms with E-state index in [1.807, 2.05) is 18.2 Å². The van der Waals surface area contributed by atoms with Gasteiger partial charge in [0.1, 0.15) is 11.6 Å². The largest absolute Gasteiger partial charge is 0.495 e. The molecule has 1 heterocycles. The van der Waals surface area contributed by atoms with Crippen molar-refractivity contribution < 1.29 is 4.74 Å². The van der Waals surface area contributed by atoms with Crippen molar-refractivity contribution in [2.24, 2.45) is 0 Å². The molecule has 2 aromatic rings. The van der Waals surface area contributed by atoms with Crippen molar-refractivity contribution >= 4 is 17.4 Å². The van der Waals surface area contributed by atoms with E-state index in [0.29, 0.717) is 23.4 Å². The van der Waals surface area contributed by atoms with Crippen molar-refractivity contribution in [3.05, 3.63) is 24.0 Å². The Morgan fingerprint density at radius 2 is 2.05 bits per heavy atom. The van der Waals surface area contributed by atoms with Gasteiger partial charge in [-0.1, -0.05) is 6.07 Å². The van der Waals surface area contributed by atoms with Crippen LogP contribution in [0.1, 0.15) is 43.5 Å². The average Bonchev–Trinajstić information content (AvgIpc) is 3.40. The van der Waals surface area contributed by atoms with Gasteiger partial charge >= 0.3 is 0 Å². The van der Waals surface area contributed by atoms with Crippen molar-refractivity contribution in [3.63, 3.8) is 0 Å². The molecule has 2 N–H and O–H groups in total. The van der Waals surface area contributed by atoms with Gasteiger partial charge in [0.2, 0.25) is 0 Å². The van der Waals surface area contributed by atoms with Crippen LogP contribution in [0, 0.1) is 0 Å². The molecule has 0 bridgehead atoms.